The predicted molar refractivity (Wildman–Crippen MR) is 190 cm³/mol. The number of nitrogens with one attached hydrogen (secondary N) is 1. The van der Waals surface area contributed by atoms with Gasteiger partial charge in [-0.25, -0.2) is 0 Å². The van der Waals surface area contributed by atoms with E-state index in [2.05, 4.69) is 49.5 Å². The summed E-state index contributed by atoms with van der Waals surface area (Å²) >= 11 is 0. The molecule has 1 N–H and O–H groups in total. The fourth-order valence-corrected chi connectivity index (χ4v) is 7.41. The summed E-state index contributed by atoms with van der Waals surface area (Å²) in [6.07, 6.45) is 8.38. The smallest absolute Gasteiger partial charge is 0.264 e. The van der Waals surface area contributed by atoms with E-state index in [4.69, 9.17) is 9.47 Å². The van der Waals surface area contributed by atoms with Crippen molar-refractivity contribution in [3.05, 3.63) is 70.9 Å². The van der Waals surface area contributed by atoms with Gasteiger partial charge in [0.1, 0.15) is 11.6 Å². The second-order valence-electron chi connectivity index (χ2n) is 15.4. The van der Waals surface area contributed by atoms with Gasteiger partial charge >= 0.3 is 0 Å². The van der Waals surface area contributed by atoms with Gasteiger partial charge in [-0.2, -0.15) is 5.26 Å². The van der Waals surface area contributed by atoms with Crippen molar-refractivity contribution in [2.24, 2.45) is 16.7 Å². The van der Waals surface area contributed by atoms with Crippen LogP contribution in [-0.4, -0.2) is 54.5 Å². The third-order valence-corrected chi connectivity index (χ3v) is 10.5. The standard InChI is InChI=1S/C40H52N4O4/c1-25-33(24-43(8)38(46)40(25,6)7)27-13-18-35(36(21-27)47-9)48-30-16-14-29(15-17-30)42-34-12-10-11-31-26(2)44(20-19-32(31)34)37(45)28(23-41)22-39(3,4)5/h10-13,18,21-22,24-26,29-30,42H,14-17,19-20H2,1-9H3/b28-22+. The second-order valence-corrected chi connectivity index (χ2v) is 15.4. The Balaban J connectivity index is 1.22. The van der Waals surface area contributed by atoms with E-state index in [1.807, 2.05) is 64.9 Å². The molecule has 0 aromatic heterocycles. The van der Waals surface area contributed by atoms with Crippen molar-refractivity contribution >= 4 is 23.1 Å². The lowest BCUT2D eigenvalue weighted by molar-refractivity contribution is -0.139. The number of allylic oxidation sites excluding steroid dienone is 2. The van der Waals surface area contributed by atoms with Gasteiger partial charge < -0.3 is 24.6 Å². The molecule has 5 rings (SSSR count). The number of anilines is 1. The number of amides is 2. The number of benzene rings is 2. The van der Waals surface area contributed by atoms with Crippen LogP contribution in [0.4, 0.5) is 5.69 Å². The summed E-state index contributed by atoms with van der Waals surface area (Å²) in [5.74, 6) is 1.43. The number of methoxy groups -OCH3 is 1. The highest BCUT2D eigenvalue weighted by atomic mass is 16.5. The van der Waals surface area contributed by atoms with E-state index in [0.717, 1.165) is 60.2 Å². The maximum Gasteiger partial charge on any atom is 0.264 e. The maximum atomic E-state index is 13.4. The van der Waals surface area contributed by atoms with Crippen LogP contribution in [-0.2, 0) is 16.0 Å². The van der Waals surface area contributed by atoms with Crippen LogP contribution in [0.2, 0.25) is 0 Å². The summed E-state index contributed by atoms with van der Waals surface area (Å²) in [6.45, 7) is 14.8. The van der Waals surface area contributed by atoms with Crippen LogP contribution in [0.5, 0.6) is 11.5 Å². The summed E-state index contributed by atoms with van der Waals surface area (Å²) in [5, 5.41) is 13.5. The molecule has 8 nitrogen and oxygen atoms in total. The Morgan fingerprint density at radius 1 is 1.08 bits per heavy atom. The van der Waals surface area contributed by atoms with Crippen molar-refractivity contribution < 1.29 is 19.1 Å². The van der Waals surface area contributed by atoms with Gasteiger partial charge in [-0.15, -0.1) is 0 Å². The molecule has 0 saturated heterocycles. The van der Waals surface area contributed by atoms with Gasteiger partial charge in [0, 0.05) is 31.5 Å². The number of carbonyl (C=O) groups is 2. The number of hydrogen-bond acceptors (Lipinski definition) is 6. The molecule has 2 unspecified atom stereocenters. The predicted octanol–water partition coefficient (Wildman–Crippen LogP) is 7.91. The number of ether oxygens (including phenoxy) is 2. The van der Waals surface area contributed by atoms with Gasteiger partial charge in [-0.1, -0.05) is 65.8 Å². The van der Waals surface area contributed by atoms with Crippen LogP contribution in [0.1, 0.15) is 96.9 Å². The van der Waals surface area contributed by atoms with Gasteiger partial charge in [0.15, 0.2) is 11.5 Å². The number of hydrogen-bond donors (Lipinski definition) is 1. The normalized spacial score (nSPS) is 24.3. The van der Waals surface area contributed by atoms with E-state index < -0.39 is 5.41 Å². The Kier molecular flexibility index (Phi) is 10.0. The van der Waals surface area contributed by atoms with Gasteiger partial charge in [-0.3, -0.25) is 9.59 Å². The van der Waals surface area contributed by atoms with Crippen molar-refractivity contribution in [2.75, 3.05) is 26.0 Å². The molecule has 2 atom stereocenters. The van der Waals surface area contributed by atoms with E-state index in [0.29, 0.717) is 18.3 Å². The fourth-order valence-electron chi connectivity index (χ4n) is 7.41. The minimum Gasteiger partial charge on any atom is -0.493 e. The van der Waals surface area contributed by atoms with E-state index in [1.54, 1.807) is 18.1 Å². The molecule has 2 aromatic carbocycles. The summed E-state index contributed by atoms with van der Waals surface area (Å²) in [7, 11) is 3.49. The first-order valence-corrected chi connectivity index (χ1v) is 17.3. The molecule has 0 bridgehead atoms. The molecule has 48 heavy (non-hydrogen) atoms. The van der Waals surface area contributed by atoms with Crippen LogP contribution < -0.4 is 14.8 Å². The first kappa shape index (κ1) is 35.1. The summed E-state index contributed by atoms with van der Waals surface area (Å²) in [4.78, 5) is 29.6. The minimum atomic E-state index is -0.490. The second kappa shape index (κ2) is 13.7. The molecule has 3 aliphatic rings. The molecule has 1 aliphatic carbocycles. The largest absolute Gasteiger partial charge is 0.493 e. The molecule has 0 radical (unpaired) electrons. The van der Waals surface area contributed by atoms with Crippen molar-refractivity contribution in [3.8, 4) is 17.6 Å². The van der Waals surface area contributed by atoms with Gasteiger partial charge in [-0.05, 0) is 90.8 Å². The number of fused-ring (bicyclic) bond motifs is 1. The average molecular weight is 653 g/mol. The van der Waals surface area contributed by atoms with Crippen molar-refractivity contribution in [1.29, 1.82) is 5.26 Å². The topological polar surface area (TPSA) is 94.9 Å². The van der Waals surface area contributed by atoms with Gasteiger partial charge in [0.2, 0.25) is 5.91 Å². The Morgan fingerprint density at radius 2 is 1.79 bits per heavy atom. The molecule has 2 aromatic rings. The number of nitriles is 1. The molecule has 0 spiro atoms. The van der Waals surface area contributed by atoms with Gasteiger partial charge in [0.05, 0.1) is 24.7 Å². The highest BCUT2D eigenvalue weighted by molar-refractivity contribution is 5.98. The van der Waals surface area contributed by atoms with E-state index in [1.165, 1.54) is 5.56 Å². The molecule has 2 amide bonds. The van der Waals surface area contributed by atoms with E-state index >= 15 is 0 Å². The first-order chi connectivity index (χ1) is 22.6. The fraction of sp³-hybridized carbons (Fsp3) is 0.525. The molecule has 2 heterocycles. The zero-order chi connectivity index (χ0) is 35.0. The summed E-state index contributed by atoms with van der Waals surface area (Å²) < 4.78 is 12.3. The lowest BCUT2D eigenvalue weighted by Crippen LogP contribution is -2.44. The van der Waals surface area contributed by atoms with Crippen molar-refractivity contribution in [2.45, 2.75) is 98.8 Å². The Hall–Kier alpha value is -4.25. The Bertz CT molecular complexity index is 1650. The first-order valence-electron chi connectivity index (χ1n) is 17.3. The van der Waals surface area contributed by atoms with Crippen LogP contribution in [0, 0.1) is 28.1 Å². The number of nitrogens with zero attached hydrogens (tertiary/aromatic N) is 3. The molecule has 1 saturated carbocycles. The average Bonchev–Trinajstić information content (AvgIpc) is 3.05. The van der Waals surface area contributed by atoms with Gasteiger partial charge in [0.25, 0.3) is 5.91 Å². The maximum absolute atomic E-state index is 13.4. The van der Waals surface area contributed by atoms with E-state index in [-0.39, 0.29) is 40.9 Å². The number of rotatable bonds is 7. The van der Waals surface area contributed by atoms with Crippen LogP contribution in [0.15, 0.2) is 54.2 Å². The zero-order valence-electron chi connectivity index (χ0n) is 30.1. The van der Waals surface area contributed by atoms with Crippen LogP contribution >= 0.6 is 0 Å². The Morgan fingerprint density at radius 3 is 2.44 bits per heavy atom. The molecular formula is C40H52N4O4. The lowest BCUT2D eigenvalue weighted by Gasteiger charge is -2.39. The van der Waals surface area contributed by atoms with Crippen LogP contribution in [0.25, 0.3) is 5.57 Å². The van der Waals surface area contributed by atoms with Crippen LogP contribution in [0.3, 0.4) is 0 Å². The van der Waals surface area contributed by atoms with Crippen molar-refractivity contribution in [1.82, 2.24) is 9.80 Å². The third-order valence-electron chi connectivity index (χ3n) is 10.5. The zero-order valence-corrected chi connectivity index (χ0v) is 30.1. The summed E-state index contributed by atoms with van der Waals surface area (Å²) in [6, 6.07) is 14.8. The van der Waals surface area contributed by atoms with Crippen molar-refractivity contribution in [3.63, 3.8) is 0 Å². The third kappa shape index (κ3) is 7.11. The quantitative estimate of drug-likeness (QED) is 0.241. The Labute approximate surface area is 286 Å². The number of carbonyl (C=O) groups excluding carboxylic acids is 2. The van der Waals surface area contributed by atoms with E-state index in [9.17, 15) is 14.9 Å². The minimum absolute atomic E-state index is 0.0623. The molecule has 1 fully saturated rings. The lowest BCUT2D eigenvalue weighted by atomic mass is 9.71. The molecule has 8 heteroatoms. The highest BCUT2D eigenvalue weighted by Gasteiger charge is 2.41. The summed E-state index contributed by atoms with van der Waals surface area (Å²) in [5.41, 5.74) is 5.16. The monoisotopic (exact) mass is 652 g/mol. The molecular weight excluding hydrogens is 600 g/mol. The highest BCUT2D eigenvalue weighted by Crippen LogP contribution is 2.44. The SMILES string of the molecule is COc1cc(C2=CN(C)C(=O)C(C)(C)C2C)ccc1OC1CCC(Nc2cccc3c2CCN(C(=O)/C(C#N)=C/C(C)(C)C)C3C)CC1. The molecule has 256 valence electrons. The molecule has 2 aliphatic heterocycles.